The van der Waals surface area contributed by atoms with Gasteiger partial charge >= 0.3 is 0 Å². The Morgan fingerprint density at radius 2 is 1.79 bits per heavy atom. The molecule has 1 nitrogen and oxygen atoms in total. The Morgan fingerprint density at radius 1 is 1.11 bits per heavy atom. The van der Waals surface area contributed by atoms with Gasteiger partial charge < -0.3 is 0 Å². The molecule has 19 heavy (non-hydrogen) atoms. The van der Waals surface area contributed by atoms with E-state index >= 15 is 0 Å². The number of benzene rings is 1. The van der Waals surface area contributed by atoms with Crippen LogP contribution in [0.2, 0.25) is 0 Å². The van der Waals surface area contributed by atoms with E-state index in [0.29, 0.717) is 11.0 Å². The zero-order valence-corrected chi connectivity index (χ0v) is 13.1. The summed E-state index contributed by atoms with van der Waals surface area (Å²) in [6, 6.07) is 8.86. The summed E-state index contributed by atoms with van der Waals surface area (Å²) in [4.78, 5) is 13.0. The second-order valence-corrected chi connectivity index (χ2v) is 7.88. The molecule has 1 atom stereocenters. The van der Waals surface area contributed by atoms with Crippen LogP contribution in [0, 0.1) is 0 Å². The fourth-order valence-electron chi connectivity index (χ4n) is 2.48. The molecule has 0 N–H and O–H groups in total. The maximum atomic E-state index is 11.7. The lowest BCUT2D eigenvalue weighted by Crippen LogP contribution is -2.10. The maximum absolute atomic E-state index is 11.7. The minimum absolute atomic E-state index is 0.210. The Labute approximate surface area is 121 Å². The molecule has 1 saturated carbocycles. The van der Waals surface area contributed by atoms with Gasteiger partial charge in [-0.05, 0) is 36.0 Å². The zero-order valence-electron chi connectivity index (χ0n) is 12.2. The number of rotatable bonds is 2. The van der Waals surface area contributed by atoms with E-state index in [1.54, 1.807) is 0 Å². The smallest absolute Gasteiger partial charge is 0.134 e. The largest absolute Gasteiger partial charge is 0.300 e. The quantitative estimate of drug-likeness (QED) is 0.709. The highest BCUT2D eigenvalue weighted by Gasteiger charge is 2.19. The van der Waals surface area contributed by atoms with Gasteiger partial charge in [0.1, 0.15) is 5.78 Å². The van der Waals surface area contributed by atoms with Crippen molar-refractivity contribution >= 4 is 17.5 Å². The minimum Gasteiger partial charge on any atom is -0.300 e. The van der Waals surface area contributed by atoms with Gasteiger partial charge in [-0.3, -0.25) is 4.79 Å². The summed E-state index contributed by atoms with van der Waals surface area (Å²) < 4.78 is 0. The summed E-state index contributed by atoms with van der Waals surface area (Å²) in [6.45, 7) is 6.71. The van der Waals surface area contributed by atoms with Gasteiger partial charge in [0.25, 0.3) is 0 Å². The molecule has 0 spiro atoms. The first-order valence-electron chi connectivity index (χ1n) is 7.24. The summed E-state index contributed by atoms with van der Waals surface area (Å²) >= 11 is 1.88. The van der Waals surface area contributed by atoms with E-state index < -0.39 is 0 Å². The number of hydrogen-bond donors (Lipinski definition) is 0. The third kappa shape index (κ3) is 4.38. The molecule has 2 rings (SSSR count). The lowest BCUT2D eigenvalue weighted by Gasteiger charge is -2.19. The van der Waals surface area contributed by atoms with Crippen LogP contribution in [0.3, 0.4) is 0 Å². The van der Waals surface area contributed by atoms with Crippen molar-refractivity contribution in [2.75, 3.05) is 0 Å². The Morgan fingerprint density at radius 3 is 2.42 bits per heavy atom. The van der Waals surface area contributed by atoms with Gasteiger partial charge in [0, 0.05) is 23.0 Å². The number of carbonyl (C=O) groups is 1. The van der Waals surface area contributed by atoms with E-state index in [9.17, 15) is 4.79 Å². The summed E-state index contributed by atoms with van der Waals surface area (Å²) in [7, 11) is 0. The lowest BCUT2D eigenvalue weighted by molar-refractivity contribution is -0.118. The van der Waals surface area contributed by atoms with Crippen molar-refractivity contribution in [1.29, 1.82) is 0 Å². The molecule has 0 saturated heterocycles. The fraction of sp³-hybridized carbons (Fsp3) is 0.588. The number of carbonyl (C=O) groups excluding carboxylic acids is 1. The average molecular weight is 276 g/mol. The summed E-state index contributed by atoms with van der Waals surface area (Å²) in [6.07, 6.45) is 5.01. The number of hydrogen-bond acceptors (Lipinski definition) is 2. The number of Topliss-reactive ketones (excluding diaryl/α,β-unsaturated/α-hetero) is 1. The highest BCUT2D eigenvalue weighted by molar-refractivity contribution is 8.00. The minimum atomic E-state index is 0.210. The van der Waals surface area contributed by atoms with Crippen molar-refractivity contribution in [2.45, 2.75) is 68.4 Å². The van der Waals surface area contributed by atoms with E-state index in [4.69, 9.17) is 0 Å². The van der Waals surface area contributed by atoms with E-state index in [1.165, 1.54) is 23.3 Å². The third-order valence-electron chi connectivity index (χ3n) is 3.71. The molecule has 0 bridgehead atoms. The van der Waals surface area contributed by atoms with Crippen LogP contribution in [0.15, 0.2) is 29.2 Å². The van der Waals surface area contributed by atoms with Crippen molar-refractivity contribution in [3.8, 4) is 0 Å². The molecular formula is C17H24OS. The van der Waals surface area contributed by atoms with Gasteiger partial charge in [0.15, 0.2) is 0 Å². The van der Waals surface area contributed by atoms with E-state index in [-0.39, 0.29) is 5.41 Å². The van der Waals surface area contributed by atoms with Gasteiger partial charge in [0.05, 0.1) is 0 Å². The van der Waals surface area contributed by atoms with Crippen molar-refractivity contribution in [3.63, 3.8) is 0 Å². The van der Waals surface area contributed by atoms with Crippen molar-refractivity contribution in [2.24, 2.45) is 0 Å². The molecule has 0 aromatic heterocycles. The first kappa shape index (κ1) is 14.6. The van der Waals surface area contributed by atoms with Crippen molar-refractivity contribution in [1.82, 2.24) is 0 Å². The van der Waals surface area contributed by atoms with Crippen LogP contribution in [-0.2, 0) is 10.2 Å². The molecule has 1 aliphatic rings. The molecule has 2 heteroatoms. The maximum Gasteiger partial charge on any atom is 0.134 e. The molecule has 1 aliphatic carbocycles. The van der Waals surface area contributed by atoms with Crippen LogP contribution < -0.4 is 0 Å². The molecular weight excluding hydrogens is 252 g/mol. The first-order chi connectivity index (χ1) is 8.95. The molecule has 0 aliphatic heterocycles. The Bertz CT molecular complexity index is 428. The molecule has 0 amide bonds. The van der Waals surface area contributed by atoms with E-state index in [0.717, 1.165) is 19.3 Å². The van der Waals surface area contributed by atoms with Gasteiger partial charge in [-0.1, -0.05) is 39.3 Å². The average Bonchev–Trinajstić information content (AvgIpc) is 2.53. The number of thioether (sulfide) groups is 1. The summed E-state index contributed by atoms with van der Waals surface area (Å²) in [5.41, 5.74) is 1.58. The normalized spacial score (nSPS) is 21.2. The fourth-order valence-corrected chi connectivity index (χ4v) is 3.71. The lowest BCUT2D eigenvalue weighted by atomic mass is 9.87. The summed E-state index contributed by atoms with van der Waals surface area (Å²) in [5.74, 6) is 0.446. The third-order valence-corrected chi connectivity index (χ3v) is 4.99. The van der Waals surface area contributed by atoms with Crippen LogP contribution in [-0.4, -0.2) is 11.0 Å². The van der Waals surface area contributed by atoms with E-state index in [1.807, 2.05) is 11.8 Å². The van der Waals surface area contributed by atoms with Crippen LogP contribution in [0.4, 0.5) is 0 Å². The number of ketones is 1. The van der Waals surface area contributed by atoms with Crippen LogP contribution in [0.25, 0.3) is 0 Å². The Kier molecular flexibility index (Phi) is 4.72. The standard InChI is InChI=1S/C17H24OS/c1-17(2,3)13-8-10-15(11-9-13)19-16-7-5-4-6-14(18)12-16/h8-11,16H,4-7,12H2,1-3H3/t16-/m1/s1. The molecule has 1 aromatic carbocycles. The topological polar surface area (TPSA) is 17.1 Å². The van der Waals surface area contributed by atoms with Gasteiger partial charge in [0.2, 0.25) is 0 Å². The monoisotopic (exact) mass is 276 g/mol. The predicted molar refractivity (Wildman–Crippen MR) is 82.9 cm³/mol. The second-order valence-electron chi connectivity index (χ2n) is 6.50. The van der Waals surface area contributed by atoms with Gasteiger partial charge in [-0.25, -0.2) is 0 Å². The Hall–Kier alpha value is -0.760. The highest BCUT2D eigenvalue weighted by atomic mass is 32.2. The van der Waals surface area contributed by atoms with Crippen molar-refractivity contribution < 1.29 is 4.79 Å². The van der Waals surface area contributed by atoms with Gasteiger partial charge in [-0.15, -0.1) is 11.8 Å². The predicted octanol–water partition coefficient (Wildman–Crippen LogP) is 4.98. The molecule has 1 fully saturated rings. The highest BCUT2D eigenvalue weighted by Crippen LogP contribution is 2.33. The van der Waals surface area contributed by atoms with Gasteiger partial charge in [-0.2, -0.15) is 0 Å². The Balaban J connectivity index is 2.01. The SMILES string of the molecule is CC(C)(C)c1ccc(S[C@@H]2CCCCC(=O)C2)cc1. The molecule has 104 valence electrons. The molecule has 1 aromatic rings. The first-order valence-corrected chi connectivity index (χ1v) is 8.12. The van der Waals surface area contributed by atoms with Crippen LogP contribution in [0.5, 0.6) is 0 Å². The van der Waals surface area contributed by atoms with Crippen LogP contribution >= 0.6 is 11.8 Å². The van der Waals surface area contributed by atoms with Crippen LogP contribution in [0.1, 0.15) is 58.4 Å². The molecule has 0 unspecified atom stereocenters. The zero-order chi connectivity index (χ0) is 13.9. The second kappa shape index (κ2) is 6.13. The van der Waals surface area contributed by atoms with Crippen molar-refractivity contribution in [3.05, 3.63) is 29.8 Å². The molecule has 0 heterocycles. The van der Waals surface area contributed by atoms with E-state index in [2.05, 4.69) is 45.0 Å². The summed E-state index contributed by atoms with van der Waals surface area (Å²) in [5, 5.41) is 0.482. The molecule has 0 radical (unpaired) electrons.